The van der Waals surface area contributed by atoms with Crippen molar-refractivity contribution in [2.45, 2.75) is 20.4 Å². The van der Waals surface area contributed by atoms with Gasteiger partial charge >= 0.3 is 0 Å². The van der Waals surface area contributed by atoms with Crippen LogP contribution >= 0.6 is 0 Å². The Hall–Kier alpha value is -1.25. The van der Waals surface area contributed by atoms with Gasteiger partial charge in [0.25, 0.3) is 5.56 Å². The fourth-order valence-corrected chi connectivity index (χ4v) is 1.09. The molecule has 0 aliphatic rings. The molecule has 1 aromatic heterocycles. The van der Waals surface area contributed by atoms with Gasteiger partial charge < -0.3 is 10.3 Å². The summed E-state index contributed by atoms with van der Waals surface area (Å²) < 4.78 is 1.65. The van der Waals surface area contributed by atoms with Crippen LogP contribution in [0.25, 0.3) is 0 Å². The molecule has 3 heteroatoms. The molecule has 3 nitrogen and oxygen atoms in total. The Morgan fingerprint density at radius 3 is 2.64 bits per heavy atom. The predicted octanol–water partition coefficient (Wildman–Crippen LogP) is 0.759. The monoisotopic (exact) mass is 152 g/mol. The molecule has 2 N–H and O–H groups in total. The molecular formula is C8H12N2O. The molecule has 60 valence electrons. The van der Waals surface area contributed by atoms with Crippen molar-refractivity contribution in [2.24, 2.45) is 0 Å². The van der Waals surface area contributed by atoms with Crippen LogP contribution in [0.1, 0.15) is 12.6 Å². The molecule has 11 heavy (non-hydrogen) atoms. The van der Waals surface area contributed by atoms with E-state index in [1.807, 2.05) is 13.8 Å². The van der Waals surface area contributed by atoms with Crippen molar-refractivity contribution in [2.75, 3.05) is 5.73 Å². The van der Waals surface area contributed by atoms with Crippen LogP contribution < -0.4 is 11.3 Å². The predicted molar refractivity (Wildman–Crippen MR) is 45.5 cm³/mol. The number of hydrogen-bond acceptors (Lipinski definition) is 2. The Kier molecular flexibility index (Phi) is 1.98. The van der Waals surface area contributed by atoms with E-state index >= 15 is 0 Å². The van der Waals surface area contributed by atoms with E-state index in [-0.39, 0.29) is 5.56 Å². The van der Waals surface area contributed by atoms with Gasteiger partial charge in [-0.15, -0.1) is 0 Å². The van der Waals surface area contributed by atoms with Gasteiger partial charge in [0.15, 0.2) is 0 Å². The quantitative estimate of drug-likeness (QED) is 0.645. The molecule has 0 spiro atoms. The molecule has 0 radical (unpaired) electrons. The molecule has 0 aliphatic carbocycles. The third kappa shape index (κ3) is 1.27. The van der Waals surface area contributed by atoms with Gasteiger partial charge in [0.2, 0.25) is 0 Å². The summed E-state index contributed by atoms with van der Waals surface area (Å²) in [5, 5.41) is 0. The maximum atomic E-state index is 11.1. The van der Waals surface area contributed by atoms with Crippen LogP contribution in [0.5, 0.6) is 0 Å². The van der Waals surface area contributed by atoms with Gasteiger partial charge in [-0.2, -0.15) is 0 Å². The zero-order valence-corrected chi connectivity index (χ0v) is 6.79. The van der Waals surface area contributed by atoms with Crippen LogP contribution in [0.15, 0.2) is 16.9 Å². The number of pyridine rings is 1. The summed E-state index contributed by atoms with van der Waals surface area (Å²) in [5.74, 6) is 0. The first kappa shape index (κ1) is 7.85. The molecule has 0 saturated heterocycles. The lowest BCUT2D eigenvalue weighted by Crippen LogP contribution is -2.21. The summed E-state index contributed by atoms with van der Waals surface area (Å²) in [6.07, 6.45) is 0. The second kappa shape index (κ2) is 2.78. The van der Waals surface area contributed by atoms with E-state index < -0.39 is 0 Å². The molecule has 0 amide bonds. The average Bonchev–Trinajstić information content (AvgIpc) is 1.99. The topological polar surface area (TPSA) is 48.0 Å². The van der Waals surface area contributed by atoms with Gasteiger partial charge in [0, 0.05) is 18.3 Å². The van der Waals surface area contributed by atoms with E-state index in [2.05, 4.69) is 0 Å². The maximum absolute atomic E-state index is 11.1. The first-order valence-corrected chi connectivity index (χ1v) is 3.62. The van der Waals surface area contributed by atoms with Crippen LogP contribution in [-0.2, 0) is 6.54 Å². The molecule has 1 heterocycles. The van der Waals surface area contributed by atoms with Crippen molar-refractivity contribution >= 4 is 5.69 Å². The van der Waals surface area contributed by atoms with Gasteiger partial charge in [-0.25, -0.2) is 0 Å². The molecule has 0 atom stereocenters. The van der Waals surface area contributed by atoms with E-state index in [0.29, 0.717) is 12.2 Å². The second-order valence-electron chi connectivity index (χ2n) is 2.46. The maximum Gasteiger partial charge on any atom is 0.250 e. The number of aromatic nitrogens is 1. The fourth-order valence-electron chi connectivity index (χ4n) is 1.09. The average molecular weight is 152 g/mol. The zero-order chi connectivity index (χ0) is 8.43. The lowest BCUT2D eigenvalue weighted by Gasteiger charge is -2.07. The second-order valence-corrected chi connectivity index (χ2v) is 2.46. The van der Waals surface area contributed by atoms with E-state index in [0.717, 1.165) is 5.69 Å². The summed E-state index contributed by atoms with van der Waals surface area (Å²) in [4.78, 5) is 11.1. The van der Waals surface area contributed by atoms with Crippen LogP contribution in [0.3, 0.4) is 0 Å². The van der Waals surface area contributed by atoms with Gasteiger partial charge in [0.05, 0.1) is 5.69 Å². The van der Waals surface area contributed by atoms with Crippen LogP contribution in [0, 0.1) is 6.92 Å². The van der Waals surface area contributed by atoms with Gasteiger partial charge in [-0.05, 0) is 19.9 Å². The largest absolute Gasteiger partial charge is 0.397 e. The summed E-state index contributed by atoms with van der Waals surface area (Å²) in [6, 6.07) is 3.13. The van der Waals surface area contributed by atoms with Gasteiger partial charge in [0.1, 0.15) is 0 Å². The molecule has 0 saturated carbocycles. The van der Waals surface area contributed by atoms with Crippen molar-refractivity contribution in [1.82, 2.24) is 4.57 Å². The molecule has 1 rings (SSSR count). The number of rotatable bonds is 1. The van der Waals surface area contributed by atoms with Crippen LogP contribution in [-0.4, -0.2) is 4.57 Å². The Morgan fingerprint density at radius 1 is 1.55 bits per heavy atom. The molecule has 0 bridgehead atoms. The molecular weight excluding hydrogens is 140 g/mol. The zero-order valence-electron chi connectivity index (χ0n) is 6.79. The van der Waals surface area contributed by atoms with Crippen molar-refractivity contribution < 1.29 is 0 Å². The minimum absolute atomic E-state index is 0.0131. The number of hydrogen-bond donors (Lipinski definition) is 1. The summed E-state index contributed by atoms with van der Waals surface area (Å²) in [5.41, 5.74) is 7.14. The Bertz CT molecular complexity index is 314. The van der Waals surface area contributed by atoms with E-state index in [4.69, 9.17) is 5.73 Å². The highest BCUT2D eigenvalue weighted by molar-refractivity contribution is 5.41. The smallest absolute Gasteiger partial charge is 0.250 e. The molecule has 0 aromatic carbocycles. The normalized spacial score (nSPS) is 10.0. The summed E-state index contributed by atoms with van der Waals surface area (Å²) >= 11 is 0. The van der Waals surface area contributed by atoms with Crippen LogP contribution in [0.2, 0.25) is 0 Å². The first-order chi connectivity index (χ1) is 5.16. The van der Waals surface area contributed by atoms with Gasteiger partial charge in [-0.1, -0.05) is 0 Å². The number of nitrogen functional groups attached to an aromatic ring is 1. The Labute approximate surface area is 65.5 Å². The fraction of sp³-hybridized carbons (Fsp3) is 0.375. The third-order valence-corrected chi connectivity index (χ3v) is 1.81. The Morgan fingerprint density at radius 2 is 2.18 bits per heavy atom. The summed E-state index contributed by atoms with van der Waals surface area (Å²) in [6.45, 7) is 4.45. The first-order valence-electron chi connectivity index (χ1n) is 3.62. The Balaban J connectivity index is 3.41. The van der Waals surface area contributed by atoms with Crippen molar-refractivity contribution in [3.8, 4) is 0 Å². The standard InChI is InChI=1S/C8H12N2O/c1-3-10-6(2)7(9)4-5-8(10)11/h4-5H,3,9H2,1-2H3. The lowest BCUT2D eigenvalue weighted by atomic mass is 10.3. The van der Waals surface area contributed by atoms with E-state index in [1.54, 1.807) is 10.6 Å². The van der Waals surface area contributed by atoms with Crippen molar-refractivity contribution in [1.29, 1.82) is 0 Å². The van der Waals surface area contributed by atoms with Crippen LogP contribution in [0.4, 0.5) is 5.69 Å². The number of nitrogens with zero attached hydrogens (tertiary/aromatic N) is 1. The van der Waals surface area contributed by atoms with E-state index in [1.165, 1.54) is 6.07 Å². The van der Waals surface area contributed by atoms with Gasteiger partial charge in [-0.3, -0.25) is 4.79 Å². The SMILES string of the molecule is CCn1c(C)c(N)ccc1=O. The molecule has 1 aromatic rings. The van der Waals surface area contributed by atoms with E-state index in [9.17, 15) is 4.79 Å². The minimum Gasteiger partial charge on any atom is -0.397 e. The summed E-state index contributed by atoms with van der Waals surface area (Å²) in [7, 11) is 0. The lowest BCUT2D eigenvalue weighted by molar-refractivity contribution is 0.703. The molecule has 0 aliphatic heterocycles. The molecule has 0 fully saturated rings. The molecule has 0 unspecified atom stereocenters. The number of nitrogens with two attached hydrogens (primary N) is 1. The highest BCUT2D eigenvalue weighted by atomic mass is 16.1. The van der Waals surface area contributed by atoms with Crippen molar-refractivity contribution in [3.63, 3.8) is 0 Å². The minimum atomic E-state index is 0.0131. The third-order valence-electron chi connectivity index (χ3n) is 1.81. The highest BCUT2D eigenvalue weighted by Gasteiger charge is 1.99. The van der Waals surface area contributed by atoms with Crippen molar-refractivity contribution in [3.05, 3.63) is 28.2 Å². The number of anilines is 1. The highest BCUT2D eigenvalue weighted by Crippen LogP contribution is 2.05.